The first-order valence-electron chi connectivity index (χ1n) is 12.8. The third-order valence-electron chi connectivity index (χ3n) is 6.99. The summed E-state index contributed by atoms with van der Waals surface area (Å²) in [6.45, 7) is 9.16. The molecule has 1 heterocycles. The number of nitrogens with one attached hydrogen (secondary N) is 2. The normalized spacial score (nSPS) is 21.1. The molecule has 0 radical (unpaired) electrons. The van der Waals surface area contributed by atoms with Gasteiger partial charge in [-0.25, -0.2) is 8.78 Å². The number of halogens is 2. The lowest BCUT2D eigenvalue weighted by molar-refractivity contribution is -0.158. The van der Waals surface area contributed by atoms with Crippen molar-refractivity contribution in [2.45, 2.75) is 77.5 Å². The average Bonchev–Trinajstić information content (AvgIpc) is 3.22. The van der Waals surface area contributed by atoms with E-state index in [-0.39, 0.29) is 29.7 Å². The zero-order valence-corrected chi connectivity index (χ0v) is 22.0. The molecule has 2 aliphatic rings. The van der Waals surface area contributed by atoms with Crippen molar-refractivity contribution in [1.82, 2.24) is 15.5 Å². The van der Waals surface area contributed by atoms with Gasteiger partial charge in [0.2, 0.25) is 17.7 Å². The Bertz CT molecular complexity index is 1180. The average molecular weight is 512 g/mol. The minimum absolute atomic E-state index is 0.0164. The number of rotatable bonds is 6. The molecule has 37 heavy (non-hydrogen) atoms. The maximum Gasteiger partial charge on any atom is 0.247 e. The van der Waals surface area contributed by atoms with Gasteiger partial charge in [-0.1, -0.05) is 44.2 Å². The Hall–Kier alpha value is -3.29. The highest BCUT2D eigenvalue weighted by molar-refractivity contribution is 6.00. The SMILES string of the molecule is CC(C)CC1C(=O)NC(C2Cc3ccccc3C2)C(=O)N1C(C(=O)NC(C)(C)C)c1ccc(F)cc1F. The lowest BCUT2D eigenvalue weighted by Gasteiger charge is -2.45. The monoisotopic (exact) mass is 511 g/mol. The number of carbonyl (C=O) groups excluding carboxylic acids is 3. The van der Waals surface area contributed by atoms with Crippen LogP contribution in [-0.4, -0.2) is 40.2 Å². The number of nitrogens with zero attached hydrogens (tertiary/aromatic N) is 1. The van der Waals surface area contributed by atoms with E-state index in [2.05, 4.69) is 10.6 Å². The van der Waals surface area contributed by atoms with Crippen molar-refractivity contribution in [3.05, 3.63) is 70.8 Å². The van der Waals surface area contributed by atoms with Crippen LogP contribution in [0.4, 0.5) is 8.78 Å². The van der Waals surface area contributed by atoms with Gasteiger partial charge in [-0.2, -0.15) is 0 Å². The summed E-state index contributed by atoms with van der Waals surface area (Å²) in [6, 6.07) is 7.57. The van der Waals surface area contributed by atoms with Crippen molar-refractivity contribution >= 4 is 17.7 Å². The summed E-state index contributed by atoms with van der Waals surface area (Å²) >= 11 is 0. The summed E-state index contributed by atoms with van der Waals surface area (Å²) in [5, 5.41) is 5.77. The molecule has 0 saturated carbocycles. The maximum absolute atomic E-state index is 15.2. The molecule has 1 aliphatic heterocycles. The number of piperazine rings is 1. The van der Waals surface area contributed by atoms with E-state index in [1.54, 1.807) is 20.8 Å². The van der Waals surface area contributed by atoms with Crippen LogP contribution in [-0.2, 0) is 27.2 Å². The molecule has 0 aromatic heterocycles. The van der Waals surface area contributed by atoms with E-state index >= 15 is 4.39 Å². The molecule has 1 fully saturated rings. The Balaban J connectivity index is 1.79. The van der Waals surface area contributed by atoms with Gasteiger partial charge < -0.3 is 15.5 Å². The summed E-state index contributed by atoms with van der Waals surface area (Å²) in [5.74, 6) is -3.34. The second-order valence-electron chi connectivity index (χ2n) is 11.6. The zero-order chi connectivity index (χ0) is 27.1. The van der Waals surface area contributed by atoms with Crippen LogP contribution in [0.25, 0.3) is 0 Å². The molecule has 1 aliphatic carbocycles. The van der Waals surface area contributed by atoms with Gasteiger partial charge in [0.25, 0.3) is 0 Å². The van der Waals surface area contributed by atoms with E-state index in [0.29, 0.717) is 18.9 Å². The van der Waals surface area contributed by atoms with Crippen LogP contribution in [0.3, 0.4) is 0 Å². The van der Waals surface area contributed by atoms with Crippen molar-refractivity contribution in [2.24, 2.45) is 11.8 Å². The van der Waals surface area contributed by atoms with Gasteiger partial charge in [0.1, 0.15) is 29.8 Å². The fourth-order valence-corrected chi connectivity index (χ4v) is 5.45. The minimum Gasteiger partial charge on any atom is -0.349 e. The van der Waals surface area contributed by atoms with Gasteiger partial charge in [-0.05, 0) is 69.1 Å². The fourth-order valence-electron chi connectivity index (χ4n) is 5.45. The predicted octanol–water partition coefficient (Wildman–Crippen LogP) is 4.08. The van der Waals surface area contributed by atoms with Gasteiger partial charge in [0.05, 0.1) is 0 Å². The van der Waals surface area contributed by atoms with Crippen molar-refractivity contribution in [3.63, 3.8) is 0 Å². The molecule has 3 amide bonds. The molecule has 4 rings (SSSR count). The van der Waals surface area contributed by atoms with E-state index in [1.165, 1.54) is 11.0 Å². The Kier molecular flexibility index (Phi) is 7.40. The first kappa shape index (κ1) is 26.8. The fraction of sp³-hybridized carbons (Fsp3) is 0.483. The Morgan fingerprint density at radius 3 is 2.24 bits per heavy atom. The second kappa shape index (κ2) is 10.2. The molecule has 0 spiro atoms. The third-order valence-corrected chi connectivity index (χ3v) is 6.99. The van der Waals surface area contributed by atoms with Crippen molar-refractivity contribution in [3.8, 4) is 0 Å². The number of fused-ring (bicyclic) bond motifs is 1. The van der Waals surface area contributed by atoms with Crippen molar-refractivity contribution in [1.29, 1.82) is 0 Å². The molecule has 6 nitrogen and oxygen atoms in total. The Labute approximate surface area is 216 Å². The number of amides is 3. The summed E-state index contributed by atoms with van der Waals surface area (Å²) < 4.78 is 29.0. The second-order valence-corrected chi connectivity index (χ2v) is 11.6. The number of hydrogen-bond donors (Lipinski definition) is 2. The van der Waals surface area contributed by atoms with Crippen LogP contribution < -0.4 is 10.6 Å². The lowest BCUT2D eigenvalue weighted by atomic mass is 9.87. The number of benzene rings is 2. The van der Waals surface area contributed by atoms with Gasteiger partial charge in [0, 0.05) is 17.2 Å². The molecule has 1 saturated heterocycles. The molecule has 2 aromatic rings. The highest BCUT2D eigenvalue weighted by Gasteiger charge is 2.50. The predicted molar refractivity (Wildman–Crippen MR) is 136 cm³/mol. The summed E-state index contributed by atoms with van der Waals surface area (Å²) in [6.07, 6.45) is 1.51. The summed E-state index contributed by atoms with van der Waals surface area (Å²) in [7, 11) is 0. The van der Waals surface area contributed by atoms with E-state index in [4.69, 9.17) is 0 Å². The highest BCUT2D eigenvalue weighted by Crippen LogP contribution is 2.36. The standard InChI is InChI=1S/C29H35F2N3O3/c1-16(2)12-23-26(35)32-24(19-13-17-8-6-7-9-18(17)14-19)28(37)34(23)25(27(36)33-29(3,4)5)21-11-10-20(30)15-22(21)31/h6-11,15-16,19,23-25H,12-14H2,1-5H3,(H,32,35)(H,33,36). The summed E-state index contributed by atoms with van der Waals surface area (Å²) in [5.41, 5.74) is 1.41. The van der Waals surface area contributed by atoms with E-state index in [0.717, 1.165) is 17.2 Å². The largest absolute Gasteiger partial charge is 0.349 e. The molecule has 0 bridgehead atoms. The van der Waals surface area contributed by atoms with Crippen molar-refractivity contribution in [2.75, 3.05) is 0 Å². The van der Waals surface area contributed by atoms with Crippen LogP contribution in [0, 0.1) is 23.5 Å². The van der Waals surface area contributed by atoms with Gasteiger partial charge in [-0.3, -0.25) is 14.4 Å². The molecule has 3 atom stereocenters. The molecular formula is C29H35F2N3O3. The van der Waals surface area contributed by atoms with Crippen LogP contribution in [0.15, 0.2) is 42.5 Å². The first-order chi connectivity index (χ1) is 17.4. The molecular weight excluding hydrogens is 476 g/mol. The molecule has 8 heteroatoms. The first-order valence-corrected chi connectivity index (χ1v) is 12.8. The Morgan fingerprint density at radius 2 is 1.70 bits per heavy atom. The minimum atomic E-state index is -1.44. The molecule has 198 valence electrons. The highest BCUT2D eigenvalue weighted by atomic mass is 19.1. The van der Waals surface area contributed by atoms with E-state index in [9.17, 15) is 18.8 Å². The molecule has 3 unspecified atom stereocenters. The van der Waals surface area contributed by atoms with Crippen LogP contribution in [0.5, 0.6) is 0 Å². The zero-order valence-electron chi connectivity index (χ0n) is 22.0. The molecule has 2 aromatic carbocycles. The van der Waals surface area contributed by atoms with E-state index in [1.807, 2.05) is 38.1 Å². The maximum atomic E-state index is 15.2. The van der Waals surface area contributed by atoms with Crippen LogP contribution in [0.1, 0.15) is 63.8 Å². The topological polar surface area (TPSA) is 78.5 Å². The Morgan fingerprint density at radius 1 is 1.08 bits per heavy atom. The lowest BCUT2D eigenvalue weighted by Crippen LogP contribution is -2.67. The van der Waals surface area contributed by atoms with Gasteiger partial charge >= 0.3 is 0 Å². The quantitative estimate of drug-likeness (QED) is 0.614. The molecule has 2 N–H and O–H groups in total. The smallest absolute Gasteiger partial charge is 0.247 e. The third kappa shape index (κ3) is 5.68. The number of carbonyl (C=O) groups is 3. The number of hydrogen-bond acceptors (Lipinski definition) is 3. The van der Waals surface area contributed by atoms with Gasteiger partial charge in [0.15, 0.2) is 0 Å². The van der Waals surface area contributed by atoms with Crippen molar-refractivity contribution < 1.29 is 23.2 Å². The van der Waals surface area contributed by atoms with Crippen LogP contribution >= 0.6 is 0 Å². The van der Waals surface area contributed by atoms with Gasteiger partial charge in [-0.15, -0.1) is 0 Å². The summed E-state index contributed by atoms with van der Waals surface area (Å²) in [4.78, 5) is 42.7. The van der Waals surface area contributed by atoms with E-state index < -0.39 is 47.1 Å². The van der Waals surface area contributed by atoms with Crippen LogP contribution in [0.2, 0.25) is 0 Å².